The van der Waals surface area contributed by atoms with E-state index in [2.05, 4.69) is 15.5 Å². The molecular formula is C15H25Cl3N4O. The van der Waals surface area contributed by atoms with Crippen molar-refractivity contribution >= 4 is 42.4 Å². The minimum atomic E-state index is 0. The molecule has 0 aromatic heterocycles. The van der Waals surface area contributed by atoms with Gasteiger partial charge in [-0.15, -0.1) is 24.8 Å². The standard InChI is InChI=1S/C15H23ClN4O.2ClH/c16-14-4-2-13(3-5-14)12-19-15(17)18-6-1-7-20-8-10-21-11-9-20;;/h2-5H,1,6-12H2,(H3,17,18,19);2*1H. The Balaban J connectivity index is 0.00000242. The maximum Gasteiger partial charge on any atom is 0.188 e. The van der Waals surface area contributed by atoms with Gasteiger partial charge < -0.3 is 15.4 Å². The number of halogens is 3. The molecule has 0 unspecified atom stereocenters. The van der Waals surface area contributed by atoms with Gasteiger partial charge in [-0.3, -0.25) is 10.3 Å². The fourth-order valence-corrected chi connectivity index (χ4v) is 2.32. The number of ether oxygens (including phenoxy) is 1. The third-order valence-electron chi connectivity index (χ3n) is 3.44. The van der Waals surface area contributed by atoms with Crippen LogP contribution in [0.5, 0.6) is 0 Å². The number of hydrogen-bond donors (Lipinski definition) is 3. The van der Waals surface area contributed by atoms with Gasteiger partial charge in [-0.1, -0.05) is 23.7 Å². The van der Waals surface area contributed by atoms with Gasteiger partial charge in [-0.25, -0.2) is 0 Å². The summed E-state index contributed by atoms with van der Waals surface area (Å²) in [4.78, 5) is 2.40. The molecule has 0 amide bonds. The maximum absolute atomic E-state index is 7.82. The highest BCUT2D eigenvalue weighted by Crippen LogP contribution is 2.08. The van der Waals surface area contributed by atoms with Crippen molar-refractivity contribution in [1.29, 1.82) is 5.41 Å². The molecule has 0 spiro atoms. The monoisotopic (exact) mass is 382 g/mol. The molecule has 1 fully saturated rings. The molecule has 0 aliphatic carbocycles. The number of guanidine groups is 1. The van der Waals surface area contributed by atoms with Crippen LogP contribution in [-0.2, 0) is 11.3 Å². The van der Waals surface area contributed by atoms with Crippen molar-refractivity contribution in [2.75, 3.05) is 39.4 Å². The lowest BCUT2D eigenvalue weighted by atomic mass is 10.2. The Bertz CT molecular complexity index is 439. The van der Waals surface area contributed by atoms with Gasteiger partial charge in [0.2, 0.25) is 0 Å². The molecule has 2 rings (SSSR count). The molecule has 0 bridgehead atoms. The quantitative estimate of drug-likeness (QED) is 0.401. The van der Waals surface area contributed by atoms with Gasteiger partial charge in [0.25, 0.3) is 0 Å². The Morgan fingerprint density at radius 1 is 1.13 bits per heavy atom. The number of rotatable bonds is 6. The third kappa shape index (κ3) is 9.23. The predicted octanol–water partition coefficient (Wildman–Crippen LogP) is 2.52. The van der Waals surface area contributed by atoms with Crippen molar-refractivity contribution in [3.63, 3.8) is 0 Å². The van der Waals surface area contributed by atoms with Crippen LogP contribution in [0.4, 0.5) is 0 Å². The topological polar surface area (TPSA) is 60.4 Å². The molecule has 23 heavy (non-hydrogen) atoms. The minimum absolute atomic E-state index is 0. The number of nitrogens with one attached hydrogen (secondary N) is 3. The molecule has 132 valence electrons. The minimum Gasteiger partial charge on any atom is -0.379 e. The van der Waals surface area contributed by atoms with Gasteiger partial charge in [0.05, 0.1) is 13.2 Å². The molecule has 0 atom stereocenters. The van der Waals surface area contributed by atoms with Crippen molar-refractivity contribution in [2.45, 2.75) is 13.0 Å². The van der Waals surface area contributed by atoms with E-state index in [0.29, 0.717) is 12.5 Å². The summed E-state index contributed by atoms with van der Waals surface area (Å²) in [6.45, 7) is 6.22. The third-order valence-corrected chi connectivity index (χ3v) is 3.69. The largest absolute Gasteiger partial charge is 0.379 e. The normalized spacial score (nSPS) is 14.3. The molecule has 1 aliphatic rings. The van der Waals surface area contributed by atoms with E-state index in [0.717, 1.165) is 56.4 Å². The Morgan fingerprint density at radius 2 is 1.78 bits per heavy atom. The van der Waals surface area contributed by atoms with Crippen LogP contribution in [0, 0.1) is 5.41 Å². The van der Waals surface area contributed by atoms with Crippen molar-refractivity contribution in [1.82, 2.24) is 15.5 Å². The second-order valence-corrected chi connectivity index (χ2v) is 5.53. The second kappa shape index (κ2) is 12.7. The number of benzene rings is 1. The highest BCUT2D eigenvalue weighted by atomic mass is 35.5. The zero-order valence-electron chi connectivity index (χ0n) is 13.0. The van der Waals surface area contributed by atoms with E-state index in [-0.39, 0.29) is 24.8 Å². The van der Waals surface area contributed by atoms with Gasteiger partial charge in [0.15, 0.2) is 5.96 Å². The van der Waals surface area contributed by atoms with Crippen LogP contribution in [0.15, 0.2) is 24.3 Å². The first-order valence-electron chi connectivity index (χ1n) is 7.35. The number of morpholine rings is 1. The van der Waals surface area contributed by atoms with Crippen LogP contribution in [0.1, 0.15) is 12.0 Å². The zero-order valence-corrected chi connectivity index (χ0v) is 15.4. The zero-order chi connectivity index (χ0) is 14.9. The number of nitrogens with zero attached hydrogens (tertiary/aromatic N) is 1. The second-order valence-electron chi connectivity index (χ2n) is 5.09. The van der Waals surface area contributed by atoms with E-state index >= 15 is 0 Å². The van der Waals surface area contributed by atoms with Gasteiger partial charge in [-0.2, -0.15) is 0 Å². The Morgan fingerprint density at radius 3 is 2.43 bits per heavy atom. The lowest BCUT2D eigenvalue weighted by molar-refractivity contribution is 0.0376. The summed E-state index contributed by atoms with van der Waals surface area (Å²) < 4.78 is 5.32. The average molecular weight is 384 g/mol. The molecule has 5 nitrogen and oxygen atoms in total. The van der Waals surface area contributed by atoms with Crippen LogP contribution < -0.4 is 10.6 Å². The highest BCUT2D eigenvalue weighted by molar-refractivity contribution is 6.30. The SMILES string of the molecule is Cl.Cl.N=C(NCCCN1CCOCC1)NCc1ccc(Cl)cc1. The lowest BCUT2D eigenvalue weighted by Crippen LogP contribution is -2.40. The van der Waals surface area contributed by atoms with Crippen LogP contribution in [-0.4, -0.2) is 50.3 Å². The summed E-state index contributed by atoms with van der Waals surface area (Å²) in [7, 11) is 0. The molecular weight excluding hydrogens is 359 g/mol. The fourth-order valence-electron chi connectivity index (χ4n) is 2.20. The van der Waals surface area contributed by atoms with E-state index < -0.39 is 0 Å². The van der Waals surface area contributed by atoms with Gasteiger partial charge >= 0.3 is 0 Å². The first kappa shape index (κ1) is 22.3. The van der Waals surface area contributed by atoms with Crippen LogP contribution in [0.2, 0.25) is 5.02 Å². The van der Waals surface area contributed by atoms with Gasteiger partial charge in [0, 0.05) is 31.2 Å². The molecule has 1 aromatic rings. The summed E-state index contributed by atoms with van der Waals surface area (Å²) >= 11 is 5.84. The van der Waals surface area contributed by atoms with E-state index in [9.17, 15) is 0 Å². The smallest absolute Gasteiger partial charge is 0.188 e. The van der Waals surface area contributed by atoms with Crippen molar-refractivity contribution in [2.24, 2.45) is 0 Å². The van der Waals surface area contributed by atoms with Crippen LogP contribution in [0.25, 0.3) is 0 Å². The average Bonchev–Trinajstić information content (AvgIpc) is 2.52. The number of hydrogen-bond acceptors (Lipinski definition) is 3. The van der Waals surface area contributed by atoms with Gasteiger partial charge in [0.1, 0.15) is 0 Å². The molecule has 1 heterocycles. The predicted molar refractivity (Wildman–Crippen MR) is 100 cm³/mol. The summed E-state index contributed by atoms with van der Waals surface area (Å²) in [5.74, 6) is 0.368. The van der Waals surface area contributed by atoms with Crippen molar-refractivity contribution in [3.8, 4) is 0 Å². The fraction of sp³-hybridized carbons (Fsp3) is 0.533. The maximum atomic E-state index is 7.82. The lowest BCUT2D eigenvalue weighted by Gasteiger charge is -2.26. The Hall–Kier alpha value is -0.720. The molecule has 0 radical (unpaired) electrons. The first-order chi connectivity index (χ1) is 10.2. The van der Waals surface area contributed by atoms with E-state index in [1.54, 1.807) is 0 Å². The highest BCUT2D eigenvalue weighted by Gasteiger charge is 2.09. The van der Waals surface area contributed by atoms with Gasteiger partial charge in [-0.05, 0) is 30.7 Å². The summed E-state index contributed by atoms with van der Waals surface area (Å²) in [6.07, 6.45) is 1.03. The molecule has 8 heteroatoms. The van der Waals surface area contributed by atoms with E-state index in [1.807, 2.05) is 24.3 Å². The Labute approximate surface area is 155 Å². The van der Waals surface area contributed by atoms with Crippen molar-refractivity contribution < 1.29 is 4.74 Å². The molecule has 1 saturated heterocycles. The van der Waals surface area contributed by atoms with Crippen LogP contribution >= 0.6 is 36.4 Å². The summed E-state index contributed by atoms with van der Waals surface area (Å²) in [6, 6.07) is 7.64. The molecule has 3 N–H and O–H groups in total. The Kier molecular flexibility index (Phi) is 12.3. The molecule has 0 saturated carbocycles. The summed E-state index contributed by atoms with van der Waals surface area (Å²) in [5, 5.41) is 14.7. The summed E-state index contributed by atoms with van der Waals surface area (Å²) in [5.41, 5.74) is 1.11. The molecule has 1 aliphatic heterocycles. The first-order valence-corrected chi connectivity index (χ1v) is 7.73. The van der Waals surface area contributed by atoms with E-state index in [1.165, 1.54) is 0 Å². The molecule has 1 aromatic carbocycles. The van der Waals surface area contributed by atoms with E-state index in [4.69, 9.17) is 21.7 Å². The van der Waals surface area contributed by atoms with Crippen molar-refractivity contribution in [3.05, 3.63) is 34.9 Å². The van der Waals surface area contributed by atoms with Crippen LogP contribution in [0.3, 0.4) is 0 Å².